The third-order valence-electron chi connectivity index (χ3n) is 3.26. The van der Waals surface area contributed by atoms with E-state index in [4.69, 9.17) is 10.5 Å². The Kier molecular flexibility index (Phi) is 4.83. The van der Waals surface area contributed by atoms with Gasteiger partial charge in [-0.3, -0.25) is 19.6 Å². The molecule has 0 atom stereocenters. The number of H-pyrrole nitrogens is 2. The fourth-order valence-corrected chi connectivity index (χ4v) is 2.05. The Morgan fingerprint density at radius 1 is 1.17 bits per heavy atom. The van der Waals surface area contributed by atoms with E-state index in [2.05, 4.69) is 10.3 Å². The first kappa shape index (κ1) is 17.0. The summed E-state index contributed by atoms with van der Waals surface area (Å²) >= 11 is 0. The summed E-state index contributed by atoms with van der Waals surface area (Å²) in [6.07, 6.45) is 0. The van der Waals surface area contributed by atoms with Gasteiger partial charge < -0.3 is 15.8 Å². The third-order valence-corrected chi connectivity index (χ3v) is 3.26. The van der Waals surface area contributed by atoms with Gasteiger partial charge in [0.15, 0.2) is 12.3 Å². The summed E-state index contributed by atoms with van der Waals surface area (Å²) in [4.78, 5) is 50.2. The number of nitrogens with one attached hydrogen (secondary N) is 3. The van der Waals surface area contributed by atoms with Crippen molar-refractivity contribution in [2.75, 3.05) is 17.7 Å². The van der Waals surface area contributed by atoms with Crippen LogP contribution in [0.3, 0.4) is 0 Å². The lowest BCUT2D eigenvalue weighted by molar-refractivity contribution is -0.119. The second-order valence-electron chi connectivity index (χ2n) is 5.09. The number of carbonyl (C=O) groups is 2. The van der Waals surface area contributed by atoms with Gasteiger partial charge in [0.25, 0.3) is 11.5 Å². The van der Waals surface area contributed by atoms with Gasteiger partial charge >= 0.3 is 11.7 Å². The standard InChI is InChI=1S/C15H16N4O5/c1-7-4-3-5-8(2)11(7)17-9(20)6-24-14(22)12-10(16)13(21)19-15(23)18-12/h3-5H,6,16H2,1-2H3,(H,17,20)(H2,18,19,21,23). The van der Waals surface area contributed by atoms with E-state index in [0.29, 0.717) is 5.69 Å². The van der Waals surface area contributed by atoms with Crippen molar-refractivity contribution in [2.45, 2.75) is 13.8 Å². The number of nitrogens with two attached hydrogens (primary N) is 1. The van der Waals surface area contributed by atoms with Crippen LogP contribution >= 0.6 is 0 Å². The molecular weight excluding hydrogens is 316 g/mol. The number of amides is 1. The Morgan fingerprint density at radius 3 is 2.42 bits per heavy atom. The minimum atomic E-state index is -1.08. The number of rotatable bonds is 4. The fourth-order valence-electron chi connectivity index (χ4n) is 2.05. The van der Waals surface area contributed by atoms with Crippen LogP contribution < -0.4 is 22.3 Å². The third kappa shape index (κ3) is 3.69. The molecule has 1 aromatic heterocycles. The Hall–Kier alpha value is -3.36. The van der Waals surface area contributed by atoms with E-state index >= 15 is 0 Å². The number of hydrogen-bond acceptors (Lipinski definition) is 6. The molecule has 0 aliphatic heterocycles. The summed E-state index contributed by atoms with van der Waals surface area (Å²) in [5.41, 5.74) is 4.95. The lowest BCUT2D eigenvalue weighted by Gasteiger charge is -2.11. The summed E-state index contributed by atoms with van der Waals surface area (Å²) in [5, 5.41) is 2.64. The highest BCUT2D eigenvalue weighted by Crippen LogP contribution is 2.19. The second kappa shape index (κ2) is 6.82. The zero-order valence-electron chi connectivity index (χ0n) is 13.1. The van der Waals surface area contributed by atoms with Gasteiger partial charge in [0.2, 0.25) is 0 Å². The summed E-state index contributed by atoms with van der Waals surface area (Å²) in [7, 11) is 0. The molecule has 1 amide bonds. The SMILES string of the molecule is Cc1cccc(C)c1NC(=O)COC(=O)c1[nH]c(=O)[nH]c(=O)c1N. The number of esters is 1. The molecule has 9 heteroatoms. The molecule has 126 valence electrons. The molecule has 0 radical (unpaired) electrons. The van der Waals surface area contributed by atoms with Gasteiger partial charge in [0.05, 0.1) is 0 Å². The zero-order valence-corrected chi connectivity index (χ0v) is 13.1. The van der Waals surface area contributed by atoms with Crippen LogP contribution in [0.1, 0.15) is 21.6 Å². The number of ether oxygens (including phenoxy) is 1. The highest BCUT2D eigenvalue weighted by molar-refractivity contribution is 5.97. The van der Waals surface area contributed by atoms with E-state index in [0.717, 1.165) is 11.1 Å². The minimum Gasteiger partial charge on any atom is -0.451 e. The van der Waals surface area contributed by atoms with Crippen molar-refractivity contribution < 1.29 is 14.3 Å². The van der Waals surface area contributed by atoms with Gasteiger partial charge in [0, 0.05) is 5.69 Å². The number of hydrogen-bond donors (Lipinski definition) is 4. The van der Waals surface area contributed by atoms with Gasteiger partial charge in [-0.15, -0.1) is 0 Å². The summed E-state index contributed by atoms with van der Waals surface area (Å²) in [6.45, 7) is 3.06. The monoisotopic (exact) mass is 332 g/mol. The second-order valence-corrected chi connectivity index (χ2v) is 5.09. The number of para-hydroxylation sites is 1. The van der Waals surface area contributed by atoms with Crippen molar-refractivity contribution in [1.29, 1.82) is 0 Å². The normalized spacial score (nSPS) is 10.2. The molecule has 0 spiro atoms. The minimum absolute atomic E-state index is 0.491. The van der Waals surface area contributed by atoms with E-state index in [1.807, 2.05) is 37.0 Å². The predicted molar refractivity (Wildman–Crippen MR) is 86.9 cm³/mol. The van der Waals surface area contributed by atoms with Gasteiger partial charge in [0.1, 0.15) is 5.69 Å². The molecule has 0 bridgehead atoms. The average molecular weight is 332 g/mol. The summed E-state index contributed by atoms with van der Waals surface area (Å²) < 4.78 is 4.78. The first-order valence-corrected chi connectivity index (χ1v) is 6.95. The van der Waals surface area contributed by atoms with E-state index in [-0.39, 0.29) is 0 Å². The van der Waals surface area contributed by atoms with E-state index in [9.17, 15) is 19.2 Å². The molecule has 0 fully saturated rings. The summed E-state index contributed by atoms with van der Waals surface area (Å²) in [5.74, 6) is -1.64. The Balaban J connectivity index is 2.06. The van der Waals surface area contributed by atoms with E-state index < -0.39 is 41.1 Å². The molecule has 0 aliphatic carbocycles. The number of aryl methyl sites for hydroxylation is 2. The van der Waals surface area contributed by atoms with Crippen molar-refractivity contribution in [3.8, 4) is 0 Å². The van der Waals surface area contributed by atoms with Crippen LogP contribution in [0, 0.1) is 13.8 Å². The number of anilines is 2. The van der Waals surface area contributed by atoms with Gasteiger partial charge in [-0.25, -0.2) is 9.59 Å². The van der Waals surface area contributed by atoms with Crippen LogP contribution in [-0.4, -0.2) is 28.5 Å². The molecule has 24 heavy (non-hydrogen) atoms. The Bertz CT molecular complexity index is 893. The molecule has 1 heterocycles. The fraction of sp³-hybridized carbons (Fsp3) is 0.200. The molecule has 0 saturated heterocycles. The van der Waals surface area contributed by atoms with Crippen molar-refractivity contribution in [3.05, 3.63) is 55.9 Å². The molecular formula is C15H16N4O5. The van der Waals surface area contributed by atoms with Gasteiger partial charge in [-0.1, -0.05) is 18.2 Å². The van der Waals surface area contributed by atoms with Crippen molar-refractivity contribution in [3.63, 3.8) is 0 Å². The molecule has 2 aromatic rings. The maximum absolute atomic E-state index is 11.9. The largest absolute Gasteiger partial charge is 0.451 e. The molecule has 9 nitrogen and oxygen atoms in total. The van der Waals surface area contributed by atoms with Crippen LogP contribution in [0.4, 0.5) is 11.4 Å². The summed E-state index contributed by atoms with van der Waals surface area (Å²) in [6, 6.07) is 5.51. The van der Waals surface area contributed by atoms with Crippen molar-refractivity contribution >= 4 is 23.3 Å². The molecule has 2 rings (SSSR count). The molecule has 0 aliphatic rings. The maximum atomic E-state index is 11.9. The zero-order chi connectivity index (χ0) is 17.9. The molecule has 0 saturated carbocycles. The van der Waals surface area contributed by atoms with Crippen LogP contribution in [0.25, 0.3) is 0 Å². The van der Waals surface area contributed by atoms with Crippen molar-refractivity contribution in [2.24, 2.45) is 0 Å². The van der Waals surface area contributed by atoms with Crippen molar-refractivity contribution in [1.82, 2.24) is 9.97 Å². The molecule has 1 aromatic carbocycles. The smallest absolute Gasteiger partial charge is 0.357 e. The highest BCUT2D eigenvalue weighted by atomic mass is 16.5. The lowest BCUT2D eigenvalue weighted by atomic mass is 10.1. The number of aromatic nitrogens is 2. The topological polar surface area (TPSA) is 147 Å². The first-order valence-electron chi connectivity index (χ1n) is 6.95. The molecule has 0 unspecified atom stereocenters. The quantitative estimate of drug-likeness (QED) is 0.582. The molecule has 5 N–H and O–H groups in total. The van der Waals surface area contributed by atoms with Crippen LogP contribution in [0.2, 0.25) is 0 Å². The van der Waals surface area contributed by atoms with E-state index in [1.54, 1.807) is 0 Å². The van der Waals surface area contributed by atoms with Crippen LogP contribution in [0.15, 0.2) is 27.8 Å². The van der Waals surface area contributed by atoms with Crippen LogP contribution in [0.5, 0.6) is 0 Å². The predicted octanol–water partition coefficient (Wildman–Crippen LogP) is 0.0577. The highest BCUT2D eigenvalue weighted by Gasteiger charge is 2.17. The number of aromatic amines is 2. The number of carbonyl (C=O) groups excluding carboxylic acids is 2. The van der Waals surface area contributed by atoms with Gasteiger partial charge in [-0.2, -0.15) is 0 Å². The lowest BCUT2D eigenvalue weighted by Crippen LogP contribution is -2.30. The number of benzene rings is 1. The van der Waals surface area contributed by atoms with E-state index in [1.165, 1.54) is 0 Å². The maximum Gasteiger partial charge on any atom is 0.357 e. The average Bonchev–Trinajstić information content (AvgIpc) is 2.52. The first-order chi connectivity index (χ1) is 11.3. The Labute approximate surface area is 135 Å². The number of nitrogen functional groups attached to an aromatic ring is 1. The van der Waals surface area contributed by atoms with Crippen LogP contribution in [-0.2, 0) is 9.53 Å². The Morgan fingerprint density at radius 2 is 1.79 bits per heavy atom. The van der Waals surface area contributed by atoms with Gasteiger partial charge in [-0.05, 0) is 25.0 Å².